The van der Waals surface area contributed by atoms with E-state index >= 15 is 0 Å². The normalized spacial score (nSPS) is 15.6. The van der Waals surface area contributed by atoms with E-state index < -0.39 is 0 Å². The zero-order valence-corrected chi connectivity index (χ0v) is 15.5. The number of ketones is 1. The van der Waals surface area contributed by atoms with Crippen LogP contribution in [-0.2, 0) is 9.59 Å². The molecule has 4 rings (SSSR count). The predicted octanol–water partition coefficient (Wildman–Crippen LogP) is 3.73. The fraction of sp³-hybridized carbons (Fsp3) is 0.136. The number of carbonyl (C=O) groups is 3. The van der Waals surface area contributed by atoms with Gasteiger partial charge in [-0.2, -0.15) is 0 Å². The first kappa shape index (κ1) is 17.7. The summed E-state index contributed by atoms with van der Waals surface area (Å²) >= 11 is 0. The van der Waals surface area contributed by atoms with Crippen molar-refractivity contribution in [3.05, 3.63) is 65.4 Å². The van der Waals surface area contributed by atoms with Crippen molar-refractivity contribution in [3.8, 4) is 5.75 Å². The van der Waals surface area contributed by atoms with Gasteiger partial charge in [0.15, 0.2) is 5.78 Å². The molecule has 3 aromatic rings. The Morgan fingerprint density at radius 1 is 1.14 bits per heavy atom. The van der Waals surface area contributed by atoms with E-state index in [9.17, 15) is 14.4 Å². The van der Waals surface area contributed by atoms with Gasteiger partial charge in [0.05, 0.1) is 19.2 Å². The van der Waals surface area contributed by atoms with Crippen LogP contribution in [0.15, 0.2) is 54.2 Å². The lowest BCUT2D eigenvalue weighted by molar-refractivity contribution is -0.120. The number of hydrogen-bond donors (Lipinski definition) is 1. The number of Topliss-reactive ketones (excluding diaryl/α,β-unsaturated/α-hetero) is 1. The Morgan fingerprint density at radius 2 is 1.89 bits per heavy atom. The molecule has 0 radical (unpaired) electrons. The van der Waals surface area contributed by atoms with Crippen LogP contribution in [0.5, 0.6) is 5.75 Å². The maximum atomic E-state index is 12.9. The summed E-state index contributed by atoms with van der Waals surface area (Å²) in [5, 5.41) is 0.913. The summed E-state index contributed by atoms with van der Waals surface area (Å²) in [6, 6.07) is 12.1. The molecule has 1 aliphatic rings. The first-order chi connectivity index (χ1) is 13.5. The topological polar surface area (TPSA) is 79.5 Å². The number of ether oxygens (including phenoxy) is 1. The van der Waals surface area contributed by atoms with Gasteiger partial charge in [-0.15, -0.1) is 0 Å². The van der Waals surface area contributed by atoms with Gasteiger partial charge in [0.2, 0.25) is 5.91 Å². The smallest absolute Gasteiger partial charge is 0.261 e. The molecule has 2 amide bonds. The molecule has 2 heterocycles. The predicted molar refractivity (Wildman–Crippen MR) is 106 cm³/mol. The highest BCUT2D eigenvalue weighted by Crippen LogP contribution is 2.30. The summed E-state index contributed by atoms with van der Waals surface area (Å²) in [4.78, 5) is 41.1. The van der Waals surface area contributed by atoms with Crippen LogP contribution in [0.2, 0.25) is 0 Å². The van der Waals surface area contributed by atoms with E-state index in [1.807, 2.05) is 18.2 Å². The maximum absolute atomic E-state index is 12.9. The van der Waals surface area contributed by atoms with E-state index in [-0.39, 0.29) is 24.0 Å². The third-order valence-electron chi connectivity index (χ3n) is 4.85. The number of anilines is 1. The monoisotopic (exact) mass is 374 g/mol. The van der Waals surface area contributed by atoms with E-state index in [2.05, 4.69) is 4.98 Å². The second-order valence-electron chi connectivity index (χ2n) is 6.64. The van der Waals surface area contributed by atoms with Crippen LogP contribution in [0.1, 0.15) is 29.3 Å². The molecule has 0 saturated carbocycles. The Bertz CT molecular complexity index is 1140. The second kappa shape index (κ2) is 6.81. The largest absolute Gasteiger partial charge is 0.497 e. The number of benzene rings is 2. The molecule has 0 bridgehead atoms. The summed E-state index contributed by atoms with van der Waals surface area (Å²) in [6.07, 6.45) is 3.57. The number of aromatic nitrogens is 1. The van der Waals surface area contributed by atoms with Crippen LogP contribution in [0, 0.1) is 0 Å². The quantitative estimate of drug-likeness (QED) is 0.429. The summed E-state index contributed by atoms with van der Waals surface area (Å²) in [7, 11) is 1.60. The fourth-order valence-corrected chi connectivity index (χ4v) is 3.35. The van der Waals surface area contributed by atoms with Crippen LogP contribution in [0.4, 0.5) is 5.69 Å². The van der Waals surface area contributed by atoms with Crippen LogP contribution in [0.3, 0.4) is 0 Å². The number of methoxy groups -OCH3 is 1. The molecule has 1 aliphatic heterocycles. The number of rotatable bonds is 4. The molecule has 6 heteroatoms. The van der Waals surface area contributed by atoms with Crippen molar-refractivity contribution in [2.24, 2.45) is 0 Å². The standard InChI is InChI=1S/C22H18N2O4/c1-13(25)14-3-5-17(6-4-14)24-21(26)10-15(22(24)27)9-16-12-23-20-8-7-18(28-2)11-19(16)20/h3-9,11-12,23H,10H2,1-2H3/b15-9-. The average molecular weight is 374 g/mol. The van der Waals surface area contributed by atoms with E-state index in [4.69, 9.17) is 4.74 Å². The molecule has 0 unspecified atom stereocenters. The minimum atomic E-state index is -0.349. The van der Waals surface area contributed by atoms with Crippen molar-refractivity contribution < 1.29 is 19.1 Å². The van der Waals surface area contributed by atoms with E-state index in [1.165, 1.54) is 6.92 Å². The van der Waals surface area contributed by atoms with Gasteiger partial charge in [0.1, 0.15) is 5.75 Å². The molecule has 0 aliphatic carbocycles. The highest BCUT2D eigenvalue weighted by molar-refractivity contribution is 6.29. The number of nitrogens with zero attached hydrogens (tertiary/aromatic N) is 1. The molecule has 1 saturated heterocycles. The SMILES string of the molecule is COc1ccc2[nH]cc(/C=C3/CC(=O)N(c4ccc(C(C)=O)cc4)C3=O)c2c1. The number of carbonyl (C=O) groups excluding carboxylic acids is 3. The zero-order chi connectivity index (χ0) is 19.8. The Labute approximate surface area is 161 Å². The number of fused-ring (bicyclic) bond motifs is 1. The first-order valence-electron chi connectivity index (χ1n) is 8.82. The van der Waals surface area contributed by atoms with Gasteiger partial charge in [-0.25, -0.2) is 4.90 Å². The molecule has 0 atom stereocenters. The third-order valence-corrected chi connectivity index (χ3v) is 4.85. The minimum absolute atomic E-state index is 0.0317. The van der Waals surface area contributed by atoms with Crippen LogP contribution >= 0.6 is 0 Å². The van der Waals surface area contributed by atoms with Crippen molar-refractivity contribution in [2.45, 2.75) is 13.3 Å². The second-order valence-corrected chi connectivity index (χ2v) is 6.64. The fourth-order valence-electron chi connectivity index (χ4n) is 3.35. The van der Waals surface area contributed by atoms with Crippen LogP contribution in [-0.4, -0.2) is 29.7 Å². The first-order valence-corrected chi connectivity index (χ1v) is 8.82. The highest BCUT2D eigenvalue weighted by atomic mass is 16.5. The number of amides is 2. The number of aromatic amines is 1. The lowest BCUT2D eigenvalue weighted by Gasteiger charge is -2.13. The number of imide groups is 1. The molecule has 2 aromatic carbocycles. The van der Waals surface area contributed by atoms with Crippen LogP contribution < -0.4 is 9.64 Å². The Kier molecular flexibility index (Phi) is 4.31. The molecule has 6 nitrogen and oxygen atoms in total. The van der Waals surface area contributed by atoms with Crippen molar-refractivity contribution in [1.82, 2.24) is 4.98 Å². The summed E-state index contributed by atoms with van der Waals surface area (Å²) < 4.78 is 5.27. The molecule has 1 N–H and O–H groups in total. The Morgan fingerprint density at radius 3 is 2.57 bits per heavy atom. The van der Waals surface area contributed by atoms with Crippen molar-refractivity contribution in [1.29, 1.82) is 0 Å². The van der Waals surface area contributed by atoms with Gasteiger partial charge in [0.25, 0.3) is 5.91 Å². The molecule has 0 spiro atoms. The van der Waals surface area contributed by atoms with Gasteiger partial charge in [-0.05, 0) is 55.5 Å². The van der Waals surface area contributed by atoms with E-state index in [1.54, 1.807) is 43.6 Å². The summed E-state index contributed by atoms with van der Waals surface area (Å²) in [5.41, 5.74) is 3.15. The van der Waals surface area contributed by atoms with Crippen molar-refractivity contribution in [2.75, 3.05) is 12.0 Å². The van der Waals surface area contributed by atoms with Crippen molar-refractivity contribution in [3.63, 3.8) is 0 Å². The van der Waals surface area contributed by atoms with E-state index in [0.717, 1.165) is 21.4 Å². The molecule has 28 heavy (non-hydrogen) atoms. The number of hydrogen-bond acceptors (Lipinski definition) is 4. The molecule has 140 valence electrons. The summed E-state index contributed by atoms with van der Waals surface area (Å²) in [6.45, 7) is 1.47. The maximum Gasteiger partial charge on any atom is 0.261 e. The summed E-state index contributed by atoms with van der Waals surface area (Å²) in [5.74, 6) is 0.0100. The van der Waals surface area contributed by atoms with Gasteiger partial charge in [-0.1, -0.05) is 0 Å². The Hall–Kier alpha value is -3.67. The van der Waals surface area contributed by atoms with Crippen LogP contribution in [0.25, 0.3) is 17.0 Å². The number of nitrogens with one attached hydrogen (secondary N) is 1. The van der Waals surface area contributed by atoms with Gasteiger partial charge >= 0.3 is 0 Å². The minimum Gasteiger partial charge on any atom is -0.497 e. The van der Waals surface area contributed by atoms with Gasteiger partial charge in [0, 0.05) is 33.8 Å². The van der Waals surface area contributed by atoms with Gasteiger partial charge < -0.3 is 9.72 Å². The van der Waals surface area contributed by atoms with Crippen molar-refractivity contribution >= 4 is 40.3 Å². The zero-order valence-electron chi connectivity index (χ0n) is 15.5. The van der Waals surface area contributed by atoms with E-state index in [0.29, 0.717) is 22.6 Å². The molecular formula is C22H18N2O4. The number of H-pyrrole nitrogens is 1. The Balaban J connectivity index is 1.68. The average Bonchev–Trinajstić information content (AvgIpc) is 3.22. The molecule has 1 fully saturated rings. The molecular weight excluding hydrogens is 356 g/mol. The highest BCUT2D eigenvalue weighted by Gasteiger charge is 2.35. The van der Waals surface area contributed by atoms with Gasteiger partial charge in [-0.3, -0.25) is 14.4 Å². The lowest BCUT2D eigenvalue weighted by Crippen LogP contribution is -2.28. The lowest BCUT2D eigenvalue weighted by atomic mass is 10.1. The molecule has 1 aromatic heterocycles. The third kappa shape index (κ3) is 2.99.